The topological polar surface area (TPSA) is 52.6 Å². The van der Waals surface area contributed by atoms with Crippen LogP contribution in [0.4, 0.5) is 4.39 Å². The number of carbonyl (C=O) groups is 1. The predicted molar refractivity (Wildman–Crippen MR) is 147 cm³/mol. The number of nitrogens with one attached hydrogen (secondary N) is 1. The summed E-state index contributed by atoms with van der Waals surface area (Å²) in [6, 6.07) is 10.9. The van der Waals surface area contributed by atoms with Crippen LogP contribution in [0.2, 0.25) is 0 Å². The average molecular weight is 495 g/mol. The standard InChI is InChI=1S/C31H43FN2O2/c1-30(2,3)25-19-23(20-26(29(25)36)31(4,5)6)11-12-28(35)33-16-13-22-14-17-34(18-15-22)21-24-9-7-8-10-27(24)32/h7-12,19-20,22,36H,13-18,21H2,1-6H3,(H,33,35)/b12-11+. The van der Waals surface area contributed by atoms with Crippen molar-refractivity contribution < 1.29 is 14.3 Å². The third-order valence-corrected chi connectivity index (χ3v) is 7.09. The number of carbonyl (C=O) groups excluding carboxylic acids is 1. The van der Waals surface area contributed by atoms with Crippen LogP contribution in [0.5, 0.6) is 5.75 Å². The quantitative estimate of drug-likeness (QED) is 0.429. The van der Waals surface area contributed by atoms with Crippen molar-refractivity contribution in [2.75, 3.05) is 19.6 Å². The Hall–Kier alpha value is -2.66. The van der Waals surface area contributed by atoms with E-state index in [-0.39, 0.29) is 22.6 Å². The minimum absolute atomic E-state index is 0.102. The first-order valence-corrected chi connectivity index (χ1v) is 13.1. The molecule has 36 heavy (non-hydrogen) atoms. The SMILES string of the molecule is CC(C)(C)c1cc(/C=C/C(=O)NCCC2CCN(Cc3ccccc3F)CC2)cc(C(C)(C)C)c1O. The number of rotatable bonds is 7. The zero-order valence-electron chi connectivity index (χ0n) is 22.8. The molecule has 2 aromatic rings. The molecule has 0 saturated carbocycles. The third-order valence-electron chi connectivity index (χ3n) is 7.09. The molecule has 4 nitrogen and oxygen atoms in total. The summed E-state index contributed by atoms with van der Waals surface area (Å²) < 4.78 is 13.9. The van der Waals surface area contributed by atoms with Crippen LogP contribution in [0.15, 0.2) is 42.5 Å². The molecule has 0 radical (unpaired) electrons. The lowest BCUT2D eigenvalue weighted by molar-refractivity contribution is -0.116. The molecule has 0 spiro atoms. The summed E-state index contributed by atoms with van der Waals surface area (Å²) in [4.78, 5) is 14.8. The highest BCUT2D eigenvalue weighted by molar-refractivity contribution is 5.91. The summed E-state index contributed by atoms with van der Waals surface area (Å²) in [6.45, 7) is 15.7. The predicted octanol–water partition coefficient (Wildman–Crippen LogP) is 6.56. The number of piperidine rings is 1. The maximum absolute atomic E-state index is 13.9. The molecule has 3 rings (SSSR count). The summed E-state index contributed by atoms with van der Waals surface area (Å²) in [5, 5.41) is 13.9. The van der Waals surface area contributed by atoms with Gasteiger partial charge in [0.25, 0.3) is 0 Å². The smallest absolute Gasteiger partial charge is 0.243 e. The molecule has 1 aliphatic heterocycles. The van der Waals surface area contributed by atoms with Crippen LogP contribution >= 0.6 is 0 Å². The summed E-state index contributed by atoms with van der Waals surface area (Å²) in [7, 11) is 0. The fourth-order valence-corrected chi connectivity index (χ4v) is 4.83. The van der Waals surface area contributed by atoms with Crippen LogP contribution in [0.3, 0.4) is 0 Å². The monoisotopic (exact) mass is 494 g/mol. The fraction of sp³-hybridized carbons (Fsp3) is 0.516. The van der Waals surface area contributed by atoms with Crippen molar-refractivity contribution >= 4 is 12.0 Å². The molecule has 2 aromatic carbocycles. The fourth-order valence-electron chi connectivity index (χ4n) is 4.83. The molecule has 1 saturated heterocycles. The number of benzene rings is 2. The number of amides is 1. The van der Waals surface area contributed by atoms with Gasteiger partial charge in [0, 0.05) is 35.9 Å². The molecule has 5 heteroatoms. The van der Waals surface area contributed by atoms with Crippen molar-refractivity contribution in [1.29, 1.82) is 0 Å². The van der Waals surface area contributed by atoms with Crippen molar-refractivity contribution in [2.24, 2.45) is 5.92 Å². The van der Waals surface area contributed by atoms with Gasteiger partial charge in [0.1, 0.15) is 11.6 Å². The lowest BCUT2D eigenvalue weighted by atomic mass is 9.78. The van der Waals surface area contributed by atoms with Crippen molar-refractivity contribution in [3.05, 3.63) is 70.5 Å². The van der Waals surface area contributed by atoms with E-state index < -0.39 is 0 Å². The molecule has 0 atom stereocenters. The molecule has 1 aliphatic rings. The number of likely N-dealkylation sites (tertiary alicyclic amines) is 1. The van der Waals surface area contributed by atoms with Gasteiger partial charge in [-0.05, 0) is 78.9 Å². The minimum atomic E-state index is -0.207. The minimum Gasteiger partial charge on any atom is -0.507 e. The molecular weight excluding hydrogens is 451 g/mol. The Morgan fingerprint density at radius 3 is 2.19 bits per heavy atom. The van der Waals surface area contributed by atoms with Crippen LogP contribution in [0.1, 0.15) is 83.1 Å². The van der Waals surface area contributed by atoms with Crippen LogP contribution in [-0.4, -0.2) is 35.5 Å². The van der Waals surface area contributed by atoms with Crippen molar-refractivity contribution in [2.45, 2.75) is 78.2 Å². The van der Waals surface area contributed by atoms with E-state index in [1.54, 1.807) is 12.1 Å². The highest BCUT2D eigenvalue weighted by Crippen LogP contribution is 2.40. The zero-order valence-corrected chi connectivity index (χ0v) is 22.8. The van der Waals surface area contributed by atoms with Crippen LogP contribution < -0.4 is 5.32 Å². The van der Waals surface area contributed by atoms with Crippen molar-refractivity contribution in [1.82, 2.24) is 10.2 Å². The summed E-state index contributed by atoms with van der Waals surface area (Å²) in [5.74, 6) is 0.685. The molecular formula is C31H43FN2O2. The average Bonchev–Trinajstić information content (AvgIpc) is 2.79. The summed E-state index contributed by atoms with van der Waals surface area (Å²) in [5.41, 5.74) is 3.03. The maximum atomic E-state index is 13.9. The molecule has 2 N–H and O–H groups in total. The number of hydrogen-bond donors (Lipinski definition) is 2. The Morgan fingerprint density at radius 2 is 1.64 bits per heavy atom. The van der Waals surface area contributed by atoms with E-state index in [2.05, 4.69) is 51.8 Å². The second-order valence-electron chi connectivity index (χ2n) is 12.2. The van der Waals surface area contributed by atoms with Gasteiger partial charge in [-0.15, -0.1) is 0 Å². The lowest BCUT2D eigenvalue weighted by Gasteiger charge is -2.32. The Balaban J connectivity index is 1.49. The third kappa shape index (κ3) is 7.67. The Morgan fingerprint density at radius 1 is 1.06 bits per heavy atom. The first-order chi connectivity index (χ1) is 16.8. The number of phenols is 1. The summed E-state index contributed by atoms with van der Waals surface area (Å²) in [6.07, 6.45) is 6.51. The molecule has 0 aromatic heterocycles. The van der Waals surface area contributed by atoms with E-state index in [1.165, 1.54) is 6.07 Å². The zero-order chi connectivity index (χ0) is 26.5. The van der Waals surface area contributed by atoms with E-state index in [9.17, 15) is 14.3 Å². The van der Waals surface area contributed by atoms with E-state index in [1.807, 2.05) is 30.3 Å². The molecule has 0 unspecified atom stereocenters. The van der Waals surface area contributed by atoms with Gasteiger partial charge in [-0.1, -0.05) is 59.7 Å². The van der Waals surface area contributed by atoms with Gasteiger partial charge in [0.2, 0.25) is 5.91 Å². The van der Waals surface area contributed by atoms with Gasteiger partial charge in [-0.25, -0.2) is 4.39 Å². The first kappa shape index (κ1) is 27.9. The van der Waals surface area contributed by atoms with E-state index in [4.69, 9.17) is 0 Å². The van der Waals surface area contributed by atoms with Gasteiger partial charge in [-0.2, -0.15) is 0 Å². The van der Waals surface area contributed by atoms with Crippen LogP contribution in [-0.2, 0) is 22.2 Å². The summed E-state index contributed by atoms with van der Waals surface area (Å²) >= 11 is 0. The van der Waals surface area contributed by atoms with E-state index >= 15 is 0 Å². The van der Waals surface area contributed by atoms with Gasteiger partial charge in [0.15, 0.2) is 0 Å². The van der Waals surface area contributed by atoms with Crippen molar-refractivity contribution in [3.8, 4) is 5.75 Å². The second-order valence-corrected chi connectivity index (χ2v) is 12.2. The van der Waals surface area contributed by atoms with E-state index in [0.717, 1.165) is 54.6 Å². The first-order valence-electron chi connectivity index (χ1n) is 13.1. The Kier molecular flexibility index (Phi) is 8.99. The number of halogens is 1. The molecule has 1 amide bonds. The number of aromatic hydroxyl groups is 1. The number of phenolic OH excluding ortho intramolecular Hbond substituents is 1. The molecule has 1 fully saturated rings. The number of hydrogen-bond acceptors (Lipinski definition) is 3. The maximum Gasteiger partial charge on any atom is 0.243 e. The van der Waals surface area contributed by atoms with Crippen LogP contribution in [0, 0.1) is 11.7 Å². The van der Waals surface area contributed by atoms with Gasteiger partial charge in [0.05, 0.1) is 0 Å². The second kappa shape index (κ2) is 11.6. The highest BCUT2D eigenvalue weighted by Gasteiger charge is 2.26. The van der Waals surface area contributed by atoms with Gasteiger partial charge in [-0.3, -0.25) is 9.69 Å². The number of nitrogens with zero attached hydrogens (tertiary/aromatic N) is 1. The molecule has 196 valence electrons. The lowest BCUT2D eigenvalue weighted by Crippen LogP contribution is -2.34. The molecule has 0 aliphatic carbocycles. The Bertz CT molecular complexity index is 1040. The largest absolute Gasteiger partial charge is 0.507 e. The van der Waals surface area contributed by atoms with E-state index in [0.29, 0.717) is 24.8 Å². The molecule has 1 heterocycles. The normalized spacial score (nSPS) is 16.0. The highest BCUT2D eigenvalue weighted by atomic mass is 19.1. The van der Waals surface area contributed by atoms with Gasteiger partial charge < -0.3 is 10.4 Å². The van der Waals surface area contributed by atoms with Gasteiger partial charge >= 0.3 is 0 Å². The molecule has 0 bridgehead atoms. The Labute approximate surface area is 216 Å². The van der Waals surface area contributed by atoms with Crippen molar-refractivity contribution in [3.63, 3.8) is 0 Å². The van der Waals surface area contributed by atoms with Crippen LogP contribution in [0.25, 0.3) is 6.08 Å².